The van der Waals surface area contributed by atoms with Crippen molar-refractivity contribution in [1.82, 2.24) is 4.57 Å². The summed E-state index contributed by atoms with van der Waals surface area (Å²) in [4.78, 5) is 32.3. The van der Waals surface area contributed by atoms with E-state index in [2.05, 4.69) is 4.99 Å². The molecular formula is C29H29N3O6S. The zero-order chi connectivity index (χ0) is 28.1. The number of aromatic nitrogens is 1. The van der Waals surface area contributed by atoms with Gasteiger partial charge in [0.15, 0.2) is 22.9 Å². The summed E-state index contributed by atoms with van der Waals surface area (Å²) in [5.74, 6) is 0.800. The lowest BCUT2D eigenvalue weighted by Gasteiger charge is -2.26. The zero-order valence-electron chi connectivity index (χ0n) is 22.4. The molecule has 3 aromatic rings. The molecule has 0 radical (unpaired) electrons. The van der Waals surface area contributed by atoms with Crippen molar-refractivity contribution in [2.45, 2.75) is 39.8 Å². The molecule has 0 aliphatic carbocycles. The second-order valence-electron chi connectivity index (χ2n) is 8.83. The maximum atomic E-state index is 14.0. The van der Waals surface area contributed by atoms with Gasteiger partial charge >= 0.3 is 5.97 Å². The topological polar surface area (TPSA) is 112 Å². The molecule has 1 aliphatic heterocycles. The van der Waals surface area contributed by atoms with Crippen molar-refractivity contribution < 1.29 is 23.7 Å². The van der Waals surface area contributed by atoms with Crippen molar-refractivity contribution in [1.29, 1.82) is 5.26 Å². The molecule has 4 rings (SSSR count). The van der Waals surface area contributed by atoms with Crippen LogP contribution >= 0.6 is 11.3 Å². The Morgan fingerprint density at radius 3 is 2.64 bits per heavy atom. The van der Waals surface area contributed by atoms with Gasteiger partial charge in [0.2, 0.25) is 0 Å². The average Bonchev–Trinajstić information content (AvgIpc) is 3.21. The van der Waals surface area contributed by atoms with Gasteiger partial charge in [-0.05, 0) is 45.9 Å². The van der Waals surface area contributed by atoms with E-state index in [1.807, 2.05) is 44.2 Å². The smallest absolute Gasteiger partial charge is 0.338 e. The van der Waals surface area contributed by atoms with Gasteiger partial charge in [0.25, 0.3) is 5.56 Å². The highest BCUT2D eigenvalue weighted by molar-refractivity contribution is 7.07. The molecule has 0 amide bonds. The molecule has 10 heteroatoms. The van der Waals surface area contributed by atoms with Crippen LogP contribution in [0.15, 0.2) is 63.5 Å². The van der Waals surface area contributed by atoms with Crippen molar-refractivity contribution in [3.63, 3.8) is 0 Å². The Kier molecular flexibility index (Phi) is 8.52. The van der Waals surface area contributed by atoms with E-state index in [9.17, 15) is 9.59 Å². The maximum Gasteiger partial charge on any atom is 0.338 e. The Hall–Kier alpha value is -4.36. The van der Waals surface area contributed by atoms with E-state index < -0.39 is 12.0 Å². The molecule has 0 saturated heterocycles. The quantitative estimate of drug-likeness (QED) is 0.377. The van der Waals surface area contributed by atoms with Crippen LogP contribution in [-0.4, -0.2) is 37.0 Å². The third kappa shape index (κ3) is 5.59. The van der Waals surface area contributed by atoms with Gasteiger partial charge in [-0.25, -0.2) is 9.79 Å². The first-order valence-corrected chi connectivity index (χ1v) is 13.2. The van der Waals surface area contributed by atoms with Crippen LogP contribution in [0.4, 0.5) is 0 Å². The molecule has 39 heavy (non-hydrogen) atoms. The normalized spacial score (nSPS) is 14.9. The van der Waals surface area contributed by atoms with Crippen LogP contribution in [0.3, 0.4) is 0 Å². The Morgan fingerprint density at radius 1 is 1.21 bits per heavy atom. The van der Waals surface area contributed by atoms with E-state index in [1.165, 1.54) is 23.0 Å². The van der Waals surface area contributed by atoms with Gasteiger partial charge in [-0.15, -0.1) is 0 Å². The van der Waals surface area contributed by atoms with Crippen LogP contribution in [-0.2, 0) is 9.53 Å². The SMILES string of the molecule is CCOC(=O)C1=C(C)N=c2s/c(=C\c3cccc(OC)c3OCC#N)c(=O)n2[C@@H]1c1ccccc1OC(C)C. The van der Waals surface area contributed by atoms with E-state index in [4.69, 9.17) is 24.2 Å². The van der Waals surface area contributed by atoms with Gasteiger partial charge < -0.3 is 18.9 Å². The number of nitrogens with zero attached hydrogens (tertiary/aromatic N) is 3. The zero-order valence-corrected chi connectivity index (χ0v) is 23.2. The summed E-state index contributed by atoms with van der Waals surface area (Å²) < 4.78 is 24.4. The van der Waals surface area contributed by atoms with E-state index in [0.717, 1.165) is 0 Å². The summed E-state index contributed by atoms with van der Waals surface area (Å²) in [6.07, 6.45) is 1.55. The lowest BCUT2D eigenvalue weighted by atomic mass is 9.95. The first-order valence-electron chi connectivity index (χ1n) is 12.4. The number of esters is 1. The molecule has 0 bridgehead atoms. The number of carbonyl (C=O) groups is 1. The second kappa shape index (κ2) is 12.0. The molecule has 0 fully saturated rings. The van der Waals surface area contributed by atoms with Crippen LogP contribution < -0.4 is 29.1 Å². The lowest BCUT2D eigenvalue weighted by Crippen LogP contribution is -2.40. The number of para-hydroxylation sites is 2. The van der Waals surface area contributed by atoms with Gasteiger partial charge in [-0.3, -0.25) is 9.36 Å². The van der Waals surface area contributed by atoms with Crippen LogP contribution in [0.1, 0.15) is 44.9 Å². The molecule has 2 heterocycles. The highest BCUT2D eigenvalue weighted by Crippen LogP contribution is 2.36. The number of ether oxygens (including phenoxy) is 4. The fourth-order valence-corrected chi connectivity index (χ4v) is 5.40. The van der Waals surface area contributed by atoms with E-state index in [0.29, 0.717) is 43.4 Å². The van der Waals surface area contributed by atoms with Gasteiger partial charge in [-0.1, -0.05) is 41.7 Å². The summed E-state index contributed by atoms with van der Waals surface area (Å²) >= 11 is 1.19. The molecule has 1 aromatic heterocycles. The number of carbonyl (C=O) groups excluding carboxylic acids is 1. The monoisotopic (exact) mass is 547 g/mol. The van der Waals surface area contributed by atoms with Crippen LogP contribution in [0, 0.1) is 11.3 Å². The predicted octanol–water partition coefficient (Wildman–Crippen LogP) is 3.50. The van der Waals surface area contributed by atoms with E-state index >= 15 is 0 Å². The molecule has 9 nitrogen and oxygen atoms in total. The molecular weight excluding hydrogens is 518 g/mol. The Morgan fingerprint density at radius 2 is 1.95 bits per heavy atom. The number of hydrogen-bond donors (Lipinski definition) is 0. The third-order valence-electron chi connectivity index (χ3n) is 5.89. The fraction of sp³-hybridized carbons (Fsp3) is 0.310. The van der Waals surface area contributed by atoms with Crippen molar-refractivity contribution in [3.8, 4) is 23.3 Å². The molecule has 0 spiro atoms. The fourth-order valence-electron chi connectivity index (χ4n) is 4.36. The Bertz CT molecular complexity index is 1640. The van der Waals surface area contributed by atoms with Crippen molar-refractivity contribution in [2.75, 3.05) is 20.3 Å². The summed E-state index contributed by atoms with van der Waals surface area (Å²) in [7, 11) is 1.50. The van der Waals surface area contributed by atoms with Gasteiger partial charge in [0.1, 0.15) is 17.9 Å². The number of methoxy groups -OCH3 is 1. The predicted molar refractivity (Wildman–Crippen MR) is 147 cm³/mol. The minimum absolute atomic E-state index is 0.127. The van der Waals surface area contributed by atoms with Crippen molar-refractivity contribution >= 4 is 23.4 Å². The molecule has 202 valence electrons. The number of hydrogen-bond acceptors (Lipinski definition) is 9. The average molecular weight is 548 g/mol. The van der Waals surface area contributed by atoms with Crippen LogP contribution in [0.25, 0.3) is 6.08 Å². The number of benzene rings is 2. The van der Waals surface area contributed by atoms with Gasteiger partial charge in [0, 0.05) is 11.1 Å². The van der Waals surface area contributed by atoms with Crippen LogP contribution in [0.2, 0.25) is 0 Å². The maximum absolute atomic E-state index is 14.0. The molecule has 1 atom stereocenters. The number of thiazole rings is 1. The molecule has 0 unspecified atom stereocenters. The van der Waals surface area contributed by atoms with E-state index in [-0.39, 0.29) is 30.5 Å². The van der Waals surface area contributed by atoms with Gasteiger partial charge in [0.05, 0.1) is 35.6 Å². The number of nitriles is 1. The Balaban J connectivity index is 1.98. The first-order chi connectivity index (χ1) is 18.8. The minimum Gasteiger partial charge on any atom is -0.493 e. The van der Waals surface area contributed by atoms with Gasteiger partial charge in [-0.2, -0.15) is 5.26 Å². The summed E-state index contributed by atoms with van der Waals surface area (Å²) in [6, 6.07) is 13.7. The third-order valence-corrected chi connectivity index (χ3v) is 6.87. The largest absolute Gasteiger partial charge is 0.493 e. The number of rotatable bonds is 9. The summed E-state index contributed by atoms with van der Waals surface area (Å²) in [6.45, 7) is 7.28. The van der Waals surface area contributed by atoms with Crippen LogP contribution in [0.5, 0.6) is 17.2 Å². The Labute approximate surface area is 229 Å². The highest BCUT2D eigenvalue weighted by Gasteiger charge is 2.35. The van der Waals surface area contributed by atoms with Crippen molar-refractivity contribution in [3.05, 3.63) is 84.5 Å². The standard InChI is InChI=1S/C29H29N3O6S/c1-6-36-28(34)24-18(4)31-29-32(25(24)20-11-7-8-12-21(20)38-17(2)3)27(33)23(39-29)16-19-10-9-13-22(35-5)26(19)37-15-14-30/h7-13,16-17,25H,6,15H2,1-5H3/b23-16-/t25-/m1/s1. The van der Waals surface area contributed by atoms with Crippen molar-refractivity contribution in [2.24, 2.45) is 4.99 Å². The number of allylic oxidation sites excluding steroid dienone is 1. The summed E-state index contributed by atoms with van der Waals surface area (Å²) in [5.41, 5.74) is 1.61. The molecule has 1 aliphatic rings. The molecule has 2 aromatic carbocycles. The molecule has 0 N–H and O–H groups in total. The van der Waals surface area contributed by atoms with E-state index in [1.54, 1.807) is 38.1 Å². The minimum atomic E-state index is -0.808. The lowest BCUT2D eigenvalue weighted by molar-refractivity contribution is -0.139. The highest BCUT2D eigenvalue weighted by atomic mass is 32.1. The summed E-state index contributed by atoms with van der Waals surface area (Å²) in [5, 5.41) is 9.03. The molecule has 0 saturated carbocycles. The first kappa shape index (κ1) is 27.7. The number of fused-ring (bicyclic) bond motifs is 1. The second-order valence-corrected chi connectivity index (χ2v) is 9.84.